The molecule has 1 aliphatic heterocycles. The Morgan fingerprint density at radius 1 is 0.727 bits per heavy atom. The summed E-state index contributed by atoms with van der Waals surface area (Å²) in [7, 11) is 0. The van der Waals surface area contributed by atoms with E-state index in [2.05, 4.69) is 41.5 Å². The number of benzene rings is 2. The van der Waals surface area contributed by atoms with Gasteiger partial charge in [-0.25, -0.2) is 4.79 Å². The van der Waals surface area contributed by atoms with Gasteiger partial charge in [0.25, 0.3) is 0 Å². The maximum atomic E-state index is 15.7. The van der Waals surface area contributed by atoms with Crippen LogP contribution in [0.15, 0.2) is 42.5 Å². The highest BCUT2D eigenvalue weighted by molar-refractivity contribution is 5.86. The molecule has 4 saturated carbocycles. The monoisotopic (exact) mass is 915 g/mol. The number of fused-ring (bicyclic) bond motifs is 1. The molecule has 5 aliphatic rings. The number of ether oxygens (including phenoxy) is 4. The van der Waals surface area contributed by atoms with Crippen molar-refractivity contribution in [3.8, 4) is 0 Å². The first kappa shape index (κ1) is 51.9. The minimum absolute atomic E-state index is 0.0180. The molecule has 4 aliphatic carbocycles. The second-order valence-corrected chi connectivity index (χ2v) is 25.5. The van der Waals surface area contributed by atoms with Crippen LogP contribution >= 0.6 is 0 Å². The summed E-state index contributed by atoms with van der Waals surface area (Å²) in [6, 6.07) is 13.8. The van der Waals surface area contributed by atoms with E-state index in [4.69, 9.17) is 18.9 Å². The summed E-state index contributed by atoms with van der Waals surface area (Å²) >= 11 is 0. The first-order valence-electron chi connectivity index (χ1n) is 25.2. The van der Waals surface area contributed by atoms with E-state index < -0.39 is 85.0 Å². The topological polar surface area (TPSA) is 125 Å². The Morgan fingerprint density at radius 2 is 1.27 bits per heavy atom. The van der Waals surface area contributed by atoms with Crippen LogP contribution in [0.2, 0.25) is 0 Å². The number of cyclic esters (lactones) is 1. The molecule has 0 amide bonds. The number of aliphatic hydroxyl groups is 1. The van der Waals surface area contributed by atoms with Crippen molar-refractivity contribution in [3.05, 3.63) is 48.0 Å². The van der Waals surface area contributed by atoms with Gasteiger partial charge in [0.2, 0.25) is 6.10 Å². The minimum atomic E-state index is -1.44. The molecule has 9 nitrogen and oxygen atoms in total. The molecule has 6 unspecified atom stereocenters. The van der Waals surface area contributed by atoms with Crippen LogP contribution in [0, 0.1) is 72.9 Å². The van der Waals surface area contributed by atoms with Crippen molar-refractivity contribution in [1.29, 1.82) is 0 Å². The molecule has 1 heterocycles. The maximum absolute atomic E-state index is 15.7. The van der Waals surface area contributed by atoms with Gasteiger partial charge in [0.15, 0.2) is 0 Å². The molecule has 2 aromatic rings. The molecule has 6 atom stereocenters. The largest absolute Gasteiger partial charge is 0.465 e. The van der Waals surface area contributed by atoms with Gasteiger partial charge in [0.05, 0.1) is 35.6 Å². The van der Waals surface area contributed by atoms with Crippen LogP contribution in [0.1, 0.15) is 181 Å². The van der Waals surface area contributed by atoms with Crippen molar-refractivity contribution in [1.82, 2.24) is 0 Å². The quantitative estimate of drug-likeness (QED) is 0.129. The van der Waals surface area contributed by atoms with E-state index >= 15 is 14.4 Å². The van der Waals surface area contributed by atoms with Gasteiger partial charge in [-0.15, -0.1) is 0 Å². The summed E-state index contributed by atoms with van der Waals surface area (Å²) in [4.78, 5) is 59.4. The van der Waals surface area contributed by atoms with Gasteiger partial charge in [0, 0.05) is 12.8 Å². The number of carbonyl (C=O) groups excluding carboxylic acids is 4. The van der Waals surface area contributed by atoms with Crippen molar-refractivity contribution in [3.63, 3.8) is 0 Å². The van der Waals surface area contributed by atoms with Gasteiger partial charge in [-0.1, -0.05) is 133 Å². The third kappa shape index (κ3) is 7.93. The Kier molecular flexibility index (Phi) is 13.8. The van der Waals surface area contributed by atoms with Gasteiger partial charge in [0.1, 0.15) is 5.60 Å². The Hall–Kier alpha value is -3.46. The first-order valence-corrected chi connectivity index (χ1v) is 25.2. The zero-order valence-electron chi connectivity index (χ0n) is 43.9. The fourth-order valence-corrected chi connectivity index (χ4v) is 14.3. The molecular weight excluding hydrogens is 829 g/mol. The summed E-state index contributed by atoms with van der Waals surface area (Å²) in [6.45, 7) is 34.9. The summed E-state index contributed by atoms with van der Waals surface area (Å²) < 4.78 is 25.0. The Balaban J connectivity index is 1.38. The average molecular weight is 915 g/mol. The number of aliphatic hydroxyl groups excluding tert-OH is 1. The predicted octanol–water partition coefficient (Wildman–Crippen LogP) is 12.6. The molecule has 4 bridgehead atoms. The molecule has 1 saturated heterocycles. The standard InChI is InChI=1S/C57H86O9/c1-18-57(41-30-36-29-37(32-41)33-42(57)31-36)66-48(62)55(16,49(3,4)5)51(9,10)35(2)54(15,46(60)65-44-26-28-63-45(44)59)52(11,12)53(13,14)56(17,50(6,7)8)47(61)64-27-25-43(58)40-24-23-38-21-19-20-22-39(38)34-40/h19-24,34-37,41-44,58H,18,25-33H2,1-17H3. The number of hydrogen-bond acceptors (Lipinski definition) is 9. The van der Waals surface area contributed by atoms with Crippen LogP contribution in [0.25, 0.3) is 10.8 Å². The lowest BCUT2D eigenvalue weighted by Gasteiger charge is -2.66. The Bertz CT molecular complexity index is 2120. The smallest absolute Gasteiger partial charge is 0.347 e. The van der Waals surface area contributed by atoms with E-state index in [1.807, 2.05) is 119 Å². The third-order valence-corrected chi connectivity index (χ3v) is 20.9. The number of esters is 4. The molecule has 0 radical (unpaired) electrons. The van der Waals surface area contributed by atoms with E-state index in [-0.39, 0.29) is 32.0 Å². The van der Waals surface area contributed by atoms with E-state index in [9.17, 15) is 9.90 Å². The van der Waals surface area contributed by atoms with E-state index in [0.717, 1.165) is 48.4 Å². The second kappa shape index (κ2) is 17.5. The van der Waals surface area contributed by atoms with Crippen molar-refractivity contribution >= 4 is 34.6 Å². The summed E-state index contributed by atoms with van der Waals surface area (Å²) in [6.07, 6.45) is 5.03. The van der Waals surface area contributed by atoms with Crippen LogP contribution in [0.3, 0.4) is 0 Å². The third-order valence-electron chi connectivity index (χ3n) is 20.9. The van der Waals surface area contributed by atoms with Crippen molar-refractivity contribution in [2.75, 3.05) is 13.2 Å². The van der Waals surface area contributed by atoms with Crippen LogP contribution in [0.5, 0.6) is 0 Å². The van der Waals surface area contributed by atoms with E-state index in [1.54, 1.807) is 0 Å². The Morgan fingerprint density at radius 3 is 1.77 bits per heavy atom. The molecule has 9 heteroatoms. The zero-order chi connectivity index (χ0) is 49.4. The van der Waals surface area contributed by atoms with Gasteiger partial charge in [-0.3, -0.25) is 14.4 Å². The molecule has 7 rings (SSSR count). The molecule has 0 aromatic heterocycles. The van der Waals surface area contributed by atoms with Crippen molar-refractivity contribution in [2.24, 2.45) is 72.9 Å². The number of carbonyl (C=O) groups is 4. The van der Waals surface area contributed by atoms with Gasteiger partial charge >= 0.3 is 23.9 Å². The molecule has 5 fully saturated rings. The molecule has 2 aromatic carbocycles. The summed E-state index contributed by atoms with van der Waals surface area (Å²) in [5, 5.41) is 13.4. The van der Waals surface area contributed by atoms with Crippen LogP contribution in [-0.2, 0) is 38.1 Å². The SMILES string of the molecule is CCC1(OC(=O)C(C)(C(C)(C)C)C(C)(C)C(C)C(C)(C(=O)OC2CCOC2=O)C(C)(C)C(C)(C)C(C)(C(=O)OCCC(O)c2ccc3ccccc3c2)C(C)(C)C)C2CC3CC(C2)CC1C3. The molecule has 1 N–H and O–H groups in total. The fourth-order valence-electron chi connectivity index (χ4n) is 14.3. The fraction of sp³-hybridized carbons (Fsp3) is 0.754. The summed E-state index contributed by atoms with van der Waals surface area (Å²) in [5.74, 6) is -0.323. The van der Waals surface area contributed by atoms with E-state index in [1.165, 1.54) is 6.42 Å². The number of rotatable bonds is 16. The molecular formula is C57H86O9. The second-order valence-electron chi connectivity index (χ2n) is 25.5. The maximum Gasteiger partial charge on any atom is 0.347 e. The lowest BCUT2D eigenvalue weighted by Crippen LogP contribution is -2.67. The lowest BCUT2D eigenvalue weighted by molar-refractivity contribution is -0.243. The molecule has 368 valence electrons. The highest BCUT2D eigenvalue weighted by atomic mass is 16.6. The highest BCUT2D eigenvalue weighted by Gasteiger charge is 2.72. The minimum Gasteiger partial charge on any atom is -0.465 e. The normalized spacial score (nSPS) is 28.4. The highest BCUT2D eigenvalue weighted by Crippen LogP contribution is 2.71. The lowest BCUT2D eigenvalue weighted by atomic mass is 9.37. The molecule has 66 heavy (non-hydrogen) atoms. The predicted molar refractivity (Wildman–Crippen MR) is 260 cm³/mol. The zero-order valence-corrected chi connectivity index (χ0v) is 43.9. The van der Waals surface area contributed by atoms with Gasteiger partial charge in [-0.05, 0) is 138 Å². The first-order chi connectivity index (χ1) is 30.3. The van der Waals surface area contributed by atoms with E-state index in [0.29, 0.717) is 23.7 Å². The van der Waals surface area contributed by atoms with Crippen LogP contribution in [0.4, 0.5) is 0 Å². The van der Waals surface area contributed by atoms with Gasteiger partial charge < -0.3 is 24.1 Å². The summed E-state index contributed by atoms with van der Waals surface area (Å²) in [5.41, 5.74) is -8.03. The van der Waals surface area contributed by atoms with Crippen molar-refractivity contribution < 1.29 is 43.2 Å². The molecule has 0 spiro atoms. The van der Waals surface area contributed by atoms with Crippen molar-refractivity contribution in [2.45, 2.75) is 187 Å². The Labute approximate surface area is 397 Å². The van der Waals surface area contributed by atoms with Crippen LogP contribution in [-0.4, -0.2) is 53.9 Å². The average Bonchev–Trinajstić information content (AvgIpc) is 3.64. The van der Waals surface area contributed by atoms with Gasteiger partial charge in [-0.2, -0.15) is 0 Å². The number of hydrogen-bond donors (Lipinski definition) is 1. The van der Waals surface area contributed by atoms with Crippen LogP contribution < -0.4 is 0 Å².